The van der Waals surface area contributed by atoms with E-state index in [-0.39, 0.29) is 23.2 Å². The van der Waals surface area contributed by atoms with Crippen LogP contribution in [-0.2, 0) is 28.7 Å². The minimum absolute atomic E-state index is 0.222. The number of methoxy groups -OCH3 is 1. The van der Waals surface area contributed by atoms with Gasteiger partial charge in [0, 0.05) is 11.4 Å². The third-order valence-corrected chi connectivity index (χ3v) is 6.91. The smallest absolute Gasteiger partial charge is 0.240 e. The second-order valence-electron chi connectivity index (χ2n) is 11.8. The molecule has 0 aliphatic carbocycles. The molecule has 0 aromatic heterocycles. The van der Waals surface area contributed by atoms with Crippen LogP contribution in [0.25, 0.3) is 0 Å². The van der Waals surface area contributed by atoms with Gasteiger partial charge in [-0.2, -0.15) is 5.10 Å². The van der Waals surface area contributed by atoms with E-state index in [1.165, 1.54) is 13.3 Å². The first-order chi connectivity index (χ1) is 18.7. The molecule has 0 fully saturated rings. The largest absolute Gasteiger partial charge is 0.507 e. The van der Waals surface area contributed by atoms with Crippen molar-refractivity contribution in [2.24, 2.45) is 5.10 Å². The zero-order valence-electron chi connectivity index (χ0n) is 24.2. The summed E-state index contributed by atoms with van der Waals surface area (Å²) in [5, 5.41) is 16.0. The van der Waals surface area contributed by atoms with Crippen molar-refractivity contribution in [3.8, 4) is 17.2 Å². The van der Waals surface area contributed by atoms with Gasteiger partial charge in [-0.25, -0.2) is 5.43 Å². The number of hydrogen-bond acceptors (Lipinski definition) is 5. The number of ether oxygens (including phenoxy) is 2. The van der Waals surface area contributed by atoms with Crippen LogP contribution in [0.5, 0.6) is 17.2 Å². The molecule has 0 heterocycles. The van der Waals surface area contributed by atoms with E-state index in [4.69, 9.17) is 32.7 Å². The van der Waals surface area contributed by atoms with E-state index in [9.17, 15) is 9.90 Å². The second-order valence-corrected chi connectivity index (χ2v) is 12.6. The molecule has 0 unspecified atom stereocenters. The Hall–Kier alpha value is -3.22. The summed E-state index contributed by atoms with van der Waals surface area (Å²) >= 11 is 12.4. The van der Waals surface area contributed by atoms with Gasteiger partial charge in [0.15, 0.2) is 11.5 Å². The van der Waals surface area contributed by atoms with E-state index in [0.29, 0.717) is 45.9 Å². The number of phenols is 1. The lowest BCUT2D eigenvalue weighted by Crippen LogP contribution is -2.20. The third kappa shape index (κ3) is 8.39. The normalized spacial score (nSPS) is 12.0. The Morgan fingerprint density at radius 3 is 2.10 bits per heavy atom. The quantitative estimate of drug-likeness (QED) is 0.197. The Bertz CT molecular complexity index is 1340. The molecule has 3 rings (SSSR count). The fourth-order valence-corrected chi connectivity index (χ4v) is 4.56. The molecule has 3 aromatic rings. The van der Waals surface area contributed by atoms with Crippen molar-refractivity contribution < 1.29 is 19.4 Å². The van der Waals surface area contributed by atoms with Gasteiger partial charge in [-0.05, 0) is 69.3 Å². The van der Waals surface area contributed by atoms with Crippen molar-refractivity contribution in [1.82, 2.24) is 5.43 Å². The van der Waals surface area contributed by atoms with Crippen molar-refractivity contribution in [3.63, 3.8) is 0 Å². The third-order valence-electron chi connectivity index (χ3n) is 6.38. The summed E-state index contributed by atoms with van der Waals surface area (Å²) in [6, 6.07) is 14.8. The van der Waals surface area contributed by atoms with E-state index < -0.39 is 0 Å². The van der Waals surface area contributed by atoms with Crippen LogP contribution in [0.1, 0.15) is 75.8 Å². The Kier molecular flexibility index (Phi) is 10.1. The van der Waals surface area contributed by atoms with Gasteiger partial charge < -0.3 is 14.6 Å². The average molecular weight is 586 g/mol. The number of nitrogens with zero attached hydrogens (tertiary/aromatic N) is 1. The van der Waals surface area contributed by atoms with E-state index in [2.05, 4.69) is 52.1 Å². The molecule has 3 aromatic carbocycles. The SMILES string of the molecule is COc1cc(/C=N\NC(=O)CCc2cc(C(C)(C)C)c(O)c(C(C)(C)C)c2)cc(Cl)c1OCc1ccc(Cl)cc1. The molecular formula is C32H38Cl2N2O4. The van der Waals surface area contributed by atoms with E-state index in [0.717, 1.165) is 22.3 Å². The number of aryl methyl sites for hydroxylation is 1. The van der Waals surface area contributed by atoms with Gasteiger partial charge in [-0.15, -0.1) is 0 Å². The number of hydrogen-bond donors (Lipinski definition) is 2. The van der Waals surface area contributed by atoms with Crippen LogP contribution >= 0.6 is 23.2 Å². The molecule has 1 amide bonds. The minimum Gasteiger partial charge on any atom is -0.507 e. The summed E-state index contributed by atoms with van der Waals surface area (Å²) in [6.45, 7) is 12.7. The molecule has 0 aliphatic heterocycles. The van der Waals surface area contributed by atoms with E-state index in [1.54, 1.807) is 24.3 Å². The fourth-order valence-electron chi connectivity index (χ4n) is 4.17. The van der Waals surface area contributed by atoms with Crippen molar-refractivity contribution in [3.05, 3.63) is 86.4 Å². The van der Waals surface area contributed by atoms with Crippen LogP contribution in [-0.4, -0.2) is 24.3 Å². The molecule has 0 spiro atoms. The second kappa shape index (κ2) is 13.0. The maximum atomic E-state index is 12.6. The van der Waals surface area contributed by atoms with Gasteiger partial charge in [0.1, 0.15) is 12.4 Å². The van der Waals surface area contributed by atoms with E-state index in [1.807, 2.05) is 24.3 Å². The maximum absolute atomic E-state index is 12.6. The topological polar surface area (TPSA) is 80.2 Å². The number of amides is 1. The van der Waals surface area contributed by atoms with Crippen LogP contribution in [0.4, 0.5) is 0 Å². The van der Waals surface area contributed by atoms with Crippen LogP contribution < -0.4 is 14.9 Å². The molecule has 0 radical (unpaired) electrons. The Morgan fingerprint density at radius 1 is 0.950 bits per heavy atom. The van der Waals surface area contributed by atoms with Gasteiger partial charge in [-0.1, -0.05) is 89.0 Å². The molecule has 0 aliphatic rings. The monoisotopic (exact) mass is 584 g/mol. The number of phenolic OH excluding ortho intramolecular Hbond substituents is 1. The molecule has 6 nitrogen and oxygen atoms in total. The number of carbonyl (C=O) groups is 1. The molecular weight excluding hydrogens is 547 g/mol. The summed E-state index contributed by atoms with van der Waals surface area (Å²) in [5.74, 6) is 0.970. The van der Waals surface area contributed by atoms with Crippen LogP contribution in [0.2, 0.25) is 10.0 Å². The number of carbonyl (C=O) groups excluding carboxylic acids is 1. The minimum atomic E-state index is -0.231. The number of hydrazone groups is 1. The lowest BCUT2D eigenvalue weighted by atomic mass is 9.78. The number of nitrogens with one attached hydrogen (secondary N) is 1. The first-order valence-corrected chi connectivity index (χ1v) is 13.9. The number of benzene rings is 3. The van der Waals surface area contributed by atoms with Gasteiger partial charge >= 0.3 is 0 Å². The fraction of sp³-hybridized carbons (Fsp3) is 0.375. The lowest BCUT2D eigenvalue weighted by molar-refractivity contribution is -0.121. The number of halogens is 2. The standard InChI is InChI=1S/C32H38Cl2N2O4/c1-31(2,3)24-14-21(15-25(29(24)38)32(4,5)6)10-13-28(37)36-35-18-22-16-26(34)30(27(17-22)39-7)40-19-20-8-11-23(33)12-9-20/h8-9,11-12,14-18,38H,10,13,19H2,1-7H3,(H,36,37)/b35-18-. The van der Waals surface area contributed by atoms with Gasteiger partial charge in [0.2, 0.25) is 5.91 Å². The lowest BCUT2D eigenvalue weighted by Gasteiger charge is -2.28. The highest BCUT2D eigenvalue weighted by Crippen LogP contribution is 2.40. The molecule has 0 saturated carbocycles. The molecule has 2 N–H and O–H groups in total. The molecule has 0 bridgehead atoms. The highest BCUT2D eigenvalue weighted by molar-refractivity contribution is 6.32. The zero-order valence-corrected chi connectivity index (χ0v) is 25.7. The van der Waals surface area contributed by atoms with Gasteiger partial charge in [0.25, 0.3) is 0 Å². The maximum Gasteiger partial charge on any atom is 0.240 e. The number of rotatable bonds is 9. The predicted octanol–water partition coefficient (Wildman–Crippen LogP) is 7.96. The van der Waals surface area contributed by atoms with Crippen molar-refractivity contribution >= 4 is 35.3 Å². The summed E-state index contributed by atoms with van der Waals surface area (Å²) < 4.78 is 11.4. The summed E-state index contributed by atoms with van der Waals surface area (Å²) in [5.41, 5.74) is 6.45. The van der Waals surface area contributed by atoms with Crippen LogP contribution in [0, 0.1) is 0 Å². The Labute approximate surface area is 247 Å². The molecule has 0 saturated heterocycles. The van der Waals surface area contributed by atoms with Crippen LogP contribution in [0.15, 0.2) is 53.6 Å². The summed E-state index contributed by atoms with van der Waals surface area (Å²) in [6.07, 6.45) is 2.27. The molecule has 214 valence electrons. The summed E-state index contributed by atoms with van der Waals surface area (Å²) in [7, 11) is 1.53. The highest BCUT2D eigenvalue weighted by atomic mass is 35.5. The number of aromatic hydroxyl groups is 1. The predicted molar refractivity (Wildman–Crippen MR) is 163 cm³/mol. The highest BCUT2D eigenvalue weighted by Gasteiger charge is 2.26. The average Bonchev–Trinajstić information content (AvgIpc) is 2.86. The Morgan fingerprint density at radius 2 is 1.55 bits per heavy atom. The zero-order chi connectivity index (χ0) is 29.7. The van der Waals surface area contributed by atoms with E-state index >= 15 is 0 Å². The molecule has 40 heavy (non-hydrogen) atoms. The Balaban J connectivity index is 1.65. The molecule has 8 heteroatoms. The van der Waals surface area contributed by atoms with Gasteiger partial charge in [0.05, 0.1) is 18.3 Å². The van der Waals surface area contributed by atoms with Gasteiger partial charge in [-0.3, -0.25) is 4.79 Å². The van der Waals surface area contributed by atoms with Crippen molar-refractivity contribution in [2.75, 3.05) is 7.11 Å². The van der Waals surface area contributed by atoms with Crippen LogP contribution in [0.3, 0.4) is 0 Å². The van der Waals surface area contributed by atoms with Crippen molar-refractivity contribution in [2.45, 2.75) is 71.8 Å². The first kappa shape index (κ1) is 31.3. The summed E-state index contributed by atoms with van der Waals surface area (Å²) in [4.78, 5) is 12.6. The molecule has 0 atom stereocenters. The van der Waals surface area contributed by atoms with Crippen molar-refractivity contribution in [1.29, 1.82) is 0 Å². The first-order valence-electron chi connectivity index (χ1n) is 13.1.